The third-order valence-electron chi connectivity index (χ3n) is 4.61. The van der Waals surface area contributed by atoms with Crippen LogP contribution in [0.25, 0.3) is 0 Å². The highest BCUT2D eigenvalue weighted by molar-refractivity contribution is 7.99. The van der Waals surface area contributed by atoms with Crippen LogP contribution in [-0.2, 0) is 9.59 Å². The molecule has 110 valence electrons. The van der Waals surface area contributed by atoms with Crippen LogP contribution in [0.3, 0.4) is 0 Å². The van der Waals surface area contributed by atoms with Crippen molar-refractivity contribution in [2.75, 3.05) is 11.5 Å². The zero-order valence-corrected chi connectivity index (χ0v) is 12.3. The summed E-state index contributed by atoms with van der Waals surface area (Å²) < 4.78 is 0. The molecule has 3 fully saturated rings. The van der Waals surface area contributed by atoms with Gasteiger partial charge in [-0.2, -0.15) is 11.8 Å². The molecule has 0 aromatic rings. The van der Waals surface area contributed by atoms with Crippen molar-refractivity contribution in [1.29, 1.82) is 0 Å². The molecule has 0 bridgehead atoms. The fourth-order valence-electron chi connectivity index (χ4n) is 3.59. The minimum absolute atomic E-state index is 0.0433. The number of hydrogen-bond donors (Lipinski definition) is 1. The largest absolute Gasteiger partial charge is 0.331 e. The smallest absolute Gasteiger partial charge is 0.277 e. The first-order chi connectivity index (χ1) is 9.68. The van der Waals surface area contributed by atoms with E-state index in [1.54, 1.807) is 11.8 Å². The predicted molar refractivity (Wildman–Crippen MR) is 76.2 cm³/mol. The van der Waals surface area contributed by atoms with Crippen molar-refractivity contribution in [3.05, 3.63) is 0 Å². The summed E-state index contributed by atoms with van der Waals surface area (Å²) >= 11 is 1.78. The van der Waals surface area contributed by atoms with Crippen molar-refractivity contribution in [3.63, 3.8) is 0 Å². The number of rotatable bonds is 2. The van der Waals surface area contributed by atoms with Crippen LogP contribution >= 0.6 is 11.8 Å². The summed E-state index contributed by atoms with van der Waals surface area (Å²) in [5.41, 5.74) is 0. The zero-order valence-electron chi connectivity index (χ0n) is 11.5. The molecule has 4 amide bonds. The van der Waals surface area contributed by atoms with Crippen LogP contribution < -0.4 is 5.32 Å². The number of carbonyl (C=O) groups excluding carboxylic acids is 3. The molecule has 1 aliphatic carbocycles. The Morgan fingerprint density at radius 2 is 1.80 bits per heavy atom. The van der Waals surface area contributed by atoms with Gasteiger partial charge in [-0.05, 0) is 37.4 Å². The van der Waals surface area contributed by atoms with Gasteiger partial charge in [0.1, 0.15) is 5.92 Å². The molecule has 0 spiro atoms. The van der Waals surface area contributed by atoms with E-state index in [9.17, 15) is 14.4 Å². The molecule has 1 saturated carbocycles. The molecular weight excluding hydrogens is 276 g/mol. The fraction of sp³-hybridized carbons (Fsp3) is 0.786. The Labute approximate surface area is 122 Å². The number of imide groups is 2. The second-order valence-electron chi connectivity index (χ2n) is 5.90. The molecule has 3 aliphatic rings. The highest BCUT2D eigenvalue weighted by atomic mass is 32.2. The molecule has 2 heterocycles. The number of carbonyl (C=O) groups is 3. The van der Waals surface area contributed by atoms with Crippen LogP contribution in [0.5, 0.6) is 0 Å². The molecule has 2 saturated heterocycles. The topological polar surface area (TPSA) is 66.5 Å². The first-order valence-corrected chi connectivity index (χ1v) is 8.59. The van der Waals surface area contributed by atoms with Crippen molar-refractivity contribution < 1.29 is 14.4 Å². The van der Waals surface area contributed by atoms with Crippen LogP contribution in [0.1, 0.15) is 38.5 Å². The molecule has 0 radical (unpaired) electrons. The average Bonchev–Trinajstić information content (AvgIpc) is 2.93. The van der Waals surface area contributed by atoms with Crippen LogP contribution in [0.15, 0.2) is 0 Å². The van der Waals surface area contributed by atoms with Gasteiger partial charge in [0.25, 0.3) is 0 Å². The maximum Gasteiger partial charge on any atom is 0.331 e. The minimum Gasteiger partial charge on any atom is -0.277 e. The highest BCUT2D eigenvalue weighted by Gasteiger charge is 2.47. The van der Waals surface area contributed by atoms with E-state index in [0.717, 1.165) is 50.0 Å². The van der Waals surface area contributed by atoms with Crippen molar-refractivity contribution in [2.24, 2.45) is 11.8 Å². The van der Waals surface area contributed by atoms with Gasteiger partial charge < -0.3 is 0 Å². The van der Waals surface area contributed by atoms with Crippen molar-refractivity contribution in [1.82, 2.24) is 10.2 Å². The molecule has 5 nitrogen and oxygen atoms in total. The number of thioether (sulfide) groups is 1. The van der Waals surface area contributed by atoms with Gasteiger partial charge in [0, 0.05) is 5.75 Å². The number of hydrogen-bond acceptors (Lipinski definition) is 4. The molecule has 0 aromatic heterocycles. The number of nitrogens with one attached hydrogen (secondary N) is 1. The average molecular weight is 296 g/mol. The first-order valence-electron chi connectivity index (χ1n) is 7.44. The monoisotopic (exact) mass is 296 g/mol. The lowest BCUT2D eigenvalue weighted by atomic mass is 9.87. The van der Waals surface area contributed by atoms with Crippen LogP contribution in [0.2, 0.25) is 0 Å². The Hall–Kier alpha value is -1.04. The van der Waals surface area contributed by atoms with Gasteiger partial charge in [0.05, 0.1) is 6.04 Å². The van der Waals surface area contributed by atoms with Gasteiger partial charge in [-0.15, -0.1) is 0 Å². The summed E-state index contributed by atoms with van der Waals surface area (Å²) in [6.07, 6.45) is 5.88. The zero-order chi connectivity index (χ0) is 14.1. The summed E-state index contributed by atoms with van der Waals surface area (Å²) in [5, 5.41) is 2.40. The number of amides is 4. The molecule has 3 rings (SSSR count). The molecule has 20 heavy (non-hydrogen) atoms. The Kier molecular flexibility index (Phi) is 4.01. The van der Waals surface area contributed by atoms with E-state index in [1.165, 1.54) is 4.90 Å². The van der Waals surface area contributed by atoms with Gasteiger partial charge in [-0.3, -0.25) is 19.8 Å². The minimum atomic E-state index is -0.637. The Morgan fingerprint density at radius 1 is 1.05 bits per heavy atom. The fourth-order valence-corrected chi connectivity index (χ4v) is 4.71. The van der Waals surface area contributed by atoms with Crippen LogP contribution in [0.4, 0.5) is 4.79 Å². The highest BCUT2D eigenvalue weighted by Crippen LogP contribution is 2.35. The lowest BCUT2D eigenvalue weighted by Crippen LogP contribution is -2.62. The normalized spacial score (nSPS) is 32.6. The second kappa shape index (κ2) is 5.76. The molecule has 2 atom stereocenters. The van der Waals surface area contributed by atoms with Gasteiger partial charge in [0.15, 0.2) is 0 Å². The molecule has 1 N–H and O–H groups in total. The number of barbiturate groups is 1. The summed E-state index contributed by atoms with van der Waals surface area (Å²) in [6, 6.07) is -0.556. The van der Waals surface area contributed by atoms with E-state index in [-0.39, 0.29) is 23.8 Å². The first kappa shape index (κ1) is 13.9. The summed E-state index contributed by atoms with van der Waals surface area (Å²) in [6.45, 7) is 0. The molecule has 0 aromatic carbocycles. The van der Waals surface area contributed by atoms with E-state index in [4.69, 9.17) is 0 Å². The standard InChI is InChI=1S/C14H20N2O3S/c17-12-11(9-4-1-2-5-9)13(18)16(14(19)15-12)10-6-3-7-20-8-10/h9-11H,1-8H2,(H,15,17,19). The lowest BCUT2D eigenvalue weighted by molar-refractivity contribution is -0.146. The summed E-state index contributed by atoms with van der Waals surface area (Å²) in [4.78, 5) is 38.1. The van der Waals surface area contributed by atoms with Gasteiger partial charge in [0.2, 0.25) is 11.8 Å². The molecule has 6 heteroatoms. The maximum atomic E-state index is 12.7. The van der Waals surface area contributed by atoms with Gasteiger partial charge in [-0.1, -0.05) is 12.8 Å². The summed E-state index contributed by atoms with van der Waals surface area (Å²) in [5.74, 6) is 0.733. The van der Waals surface area contributed by atoms with Crippen molar-refractivity contribution in [3.8, 4) is 0 Å². The predicted octanol–water partition coefficient (Wildman–Crippen LogP) is 1.77. The lowest BCUT2D eigenvalue weighted by Gasteiger charge is -2.38. The Morgan fingerprint density at radius 3 is 2.45 bits per heavy atom. The van der Waals surface area contributed by atoms with Crippen molar-refractivity contribution >= 4 is 29.6 Å². The SMILES string of the molecule is O=C1NC(=O)N(C2CCCSC2)C(=O)C1C1CCCC1. The second-order valence-corrected chi connectivity index (χ2v) is 7.05. The van der Waals surface area contributed by atoms with E-state index in [1.807, 2.05) is 0 Å². The van der Waals surface area contributed by atoms with E-state index >= 15 is 0 Å². The third kappa shape index (κ3) is 2.45. The number of nitrogens with zero attached hydrogens (tertiary/aromatic N) is 1. The number of urea groups is 1. The summed E-state index contributed by atoms with van der Waals surface area (Å²) in [7, 11) is 0. The maximum absolute atomic E-state index is 12.7. The van der Waals surface area contributed by atoms with E-state index in [0.29, 0.717) is 0 Å². The van der Waals surface area contributed by atoms with Crippen molar-refractivity contribution in [2.45, 2.75) is 44.6 Å². The van der Waals surface area contributed by atoms with Gasteiger partial charge >= 0.3 is 6.03 Å². The molecule has 2 unspecified atom stereocenters. The molecular formula is C14H20N2O3S. The molecule has 2 aliphatic heterocycles. The Balaban J connectivity index is 1.80. The Bertz CT molecular complexity index is 428. The van der Waals surface area contributed by atoms with Crippen LogP contribution in [-0.4, -0.2) is 40.3 Å². The van der Waals surface area contributed by atoms with E-state index in [2.05, 4.69) is 5.32 Å². The van der Waals surface area contributed by atoms with E-state index < -0.39 is 11.9 Å². The van der Waals surface area contributed by atoms with Gasteiger partial charge in [-0.25, -0.2) is 4.79 Å². The van der Waals surface area contributed by atoms with Crippen LogP contribution in [0, 0.1) is 11.8 Å². The quantitative estimate of drug-likeness (QED) is 0.789. The third-order valence-corrected chi connectivity index (χ3v) is 5.81.